The van der Waals surface area contributed by atoms with Crippen LogP contribution in [0.5, 0.6) is 0 Å². The van der Waals surface area contributed by atoms with Gasteiger partial charge in [0, 0.05) is 36.0 Å². The highest BCUT2D eigenvalue weighted by Crippen LogP contribution is 2.26. The third kappa shape index (κ3) is 3.60. The molecule has 6 heteroatoms. The van der Waals surface area contributed by atoms with Crippen molar-refractivity contribution in [2.75, 3.05) is 16.0 Å². The fraction of sp³-hybridized carbons (Fsp3) is 0.167. The van der Waals surface area contributed by atoms with Gasteiger partial charge in [-0.15, -0.1) is 0 Å². The third-order valence-corrected chi connectivity index (χ3v) is 3.73. The maximum atomic E-state index is 12.3. The van der Waals surface area contributed by atoms with Gasteiger partial charge in [0.25, 0.3) is 5.91 Å². The van der Waals surface area contributed by atoms with E-state index in [1.165, 1.54) is 6.92 Å². The zero-order valence-corrected chi connectivity index (χ0v) is 13.2. The van der Waals surface area contributed by atoms with Gasteiger partial charge in [-0.2, -0.15) is 0 Å². The Kier molecular flexibility index (Phi) is 4.29. The molecule has 0 aliphatic carbocycles. The molecule has 3 N–H and O–H groups in total. The molecule has 1 aliphatic rings. The summed E-state index contributed by atoms with van der Waals surface area (Å²) in [6.07, 6.45) is 1.12. The van der Waals surface area contributed by atoms with Crippen LogP contribution >= 0.6 is 0 Å². The Bertz CT molecular complexity index is 813. The molecule has 0 bridgehead atoms. The number of aryl methyl sites for hydroxylation is 1. The minimum Gasteiger partial charge on any atom is -0.326 e. The van der Waals surface area contributed by atoms with E-state index in [-0.39, 0.29) is 17.7 Å². The average molecular weight is 323 g/mol. The monoisotopic (exact) mass is 323 g/mol. The van der Waals surface area contributed by atoms with Gasteiger partial charge in [0.1, 0.15) is 0 Å². The SMILES string of the molecule is CC(=O)Nc1ccc(C(=O)Nc2ccc3c(c2)CCC(=O)N3)cc1. The van der Waals surface area contributed by atoms with Crippen molar-refractivity contribution in [2.45, 2.75) is 19.8 Å². The Morgan fingerprint density at radius 3 is 2.38 bits per heavy atom. The van der Waals surface area contributed by atoms with Crippen molar-refractivity contribution in [2.24, 2.45) is 0 Å². The highest BCUT2D eigenvalue weighted by atomic mass is 16.2. The summed E-state index contributed by atoms with van der Waals surface area (Å²) in [5, 5.41) is 8.30. The number of rotatable bonds is 3. The van der Waals surface area contributed by atoms with E-state index in [1.54, 1.807) is 36.4 Å². The largest absolute Gasteiger partial charge is 0.326 e. The zero-order valence-electron chi connectivity index (χ0n) is 13.2. The van der Waals surface area contributed by atoms with Gasteiger partial charge in [0.2, 0.25) is 11.8 Å². The predicted molar refractivity (Wildman–Crippen MR) is 92.1 cm³/mol. The molecule has 0 aromatic heterocycles. The number of nitrogens with one attached hydrogen (secondary N) is 3. The maximum absolute atomic E-state index is 12.3. The highest BCUT2D eigenvalue weighted by molar-refractivity contribution is 6.05. The van der Waals surface area contributed by atoms with E-state index >= 15 is 0 Å². The Morgan fingerprint density at radius 1 is 0.958 bits per heavy atom. The van der Waals surface area contributed by atoms with Crippen molar-refractivity contribution in [1.29, 1.82) is 0 Å². The van der Waals surface area contributed by atoms with Crippen LogP contribution in [0.2, 0.25) is 0 Å². The molecule has 6 nitrogen and oxygen atoms in total. The fourth-order valence-corrected chi connectivity index (χ4v) is 2.57. The van der Waals surface area contributed by atoms with E-state index in [0.29, 0.717) is 29.8 Å². The van der Waals surface area contributed by atoms with Crippen LogP contribution in [0.25, 0.3) is 0 Å². The number of anilines is 3. The van der Waals surface area contributed by atoms with E-state index in [0.717, 1.165) is 11.3 Å². The van der Waals surface area contributed by atoms with Gasteiger partial charge >= 0.3 is 0 Å². The summed E-state index contributed by atoms with van der Waals surface area (Å²) >= 11 is 0. The molecule has 0 fully saturated rings. The number of amides is 3. The third-order valence-electron chi connectivity index (χ3n) is 3.73. The summed E-state index contributed by atoms with van der Waals surface area (Å²) in [4.78, 5) is 34.7. The molecule has 0 atom stereocenters. The Morgan fingerprint density at radius 2 is 1.67 bits per heavy atom. The number of hydrogen-bond acceptors (Lipinski definition) is 3. The van der Waals surface area contributed by atoms with E-state index < -0.39 is 0 Å². The van der Waals surface area contributed by atoms with Crippen molar-refractivity contribution >= 4 is 34.8 Å². The lowest BCUT2D eigenvalue weighted by Gasteiger charge is -2.17. The van der Waals surface area contributed by atoms with Crippen molar-refractivity contribution in [3.63, 3.8) is 0 Å². The molecule has 0 spiro atoms. The summed E-state index contributed by atoms with van der Waals surface area (Å²) in [7, 11) is 0. The number of carbonyl (C=O) groups is 3. The molecule has 2 aromatic carbocycles. The second-order valence-corrected chi connectivity index (χ2v) is 5.63. The Labute approximate surface area is 139 Å². The smallest absolute Gasteiger partial charge is 0.255 e. The second-order valence-electron chi connectivity index (χ2n) is 5.63. The maximum Gasteiger partial charge on any atom is 0.255 e. The lowest BCUT2D eigenvalue weighted by molar-refractivity contribution is -0.116. The van der Waals surface area contributed by atoms with Crippen molar-refractivity contribution < 1.29 is 14.4 Å². The standard InChI is InChI=1S/C18H17N3O3/c1-11(22)19-14-5-2-12(3-6-14)18(24)20-15-7-8-16-13(10-15)4-9-17(23)21-16/h2-3,5-8,10H,4,9H2,1H3,(H,19,22)(H,20,24)(H,21,23). The van der Waals surface area contributed by atoms with Gasteiger partial charge in [-0.1, -0.05) is 0 Å². The topological polar surface area (TPSA) is 87.3 Å². The summed E-state index contributed by atoms with van der Waals surface area (Å²) in [5.41, 5.74) is 3.62. The lowest BCUT2D eigenvalue weighted by atomic mass is 10.0. The lowest BCUT2D eigenvalue weighted by Crippen LogP contribution is -2.19. The average Bonchev–Trinajstić information content (AvgIpc) is 2.55. The van der Waals surface area contributed by atoms with Crippen LogP contribution in [-0.4, -0.2) is 17.7 Å². The first-order chi connectivity index (χ1) is 11.5. The van der Waals surface area contributed by atoms with Gasteiger partial charge < -0.3 is 16.0 Å². The van der Waals surface area contributed by atoms with E-state index in [1.807, 2.05) is 6.07 Å². The first-order valence-electron chi connectivity index (χ1n) is 7.63. The van der Waals surface area contributed by atoms with E-state index in [2.05, 4.69) is 16.0 Å². The van der Waals surface area contributed by atoms with Crippen LogP contribution < -0.4 is 16.0 Å². The number of benzene rings is 2. The molecule has 0 saturated heterocycles. The molecule has 122 valence electrons. The van der Waals surface area contributed by atoms with Crippen LogP contribution in [0.1, 0.15) is 29.3 Å². The minimum atomic E-state index is -0.232. The summed E-state index contributed by atoms with van der Waals surface area (Å²) in [5.74, 6) is -0.379. The molecular formula is C18H17N3O3. The molecule has 0 unspecified atom stereocenters. The molecule has 24 heavy (non-hydrogen) atoms. The first-order valence-corrected chi connectivity index (χ1v) is 7.63. The quantitative estimate of drug-likeness (QED) is 0.811. The summed E-state index contributed by atoms with van der Waals surface area (Å²) < 4.78 is 0. The summed E-state index contributed by atoms with van der Waals surface area (Å²) in [6, 6.07) is 12.1. The van der Waals surface area contributed by atoms with Crippen molar-refractivity contribution in [1.82, 2.24) is 0 Å². The van der Waals surface area contributed by atoms with Crippen LogP contribution in [0, 0.1) is 0 Å². The zero-order chi connectivity index (χ0) is 17.1. The molecule has 0 saturated carbocycles. The number of carbonyl (C=O) groups excluding carboxylic acids is 3. The van der Waals surface area contributed by atoms with Gasteiger partial charge in [0.05, 0.1) is 0 Å². The van der Waals surface area contributed by atoms with Crippen LogP contribution in [0.4, 0.5) is 17.1 Å². The molecule has 3 rings (SSSR count). The van der Waals surface area contributed by atoms with Gasteiger partial charge in [-0.3, -0.25) is 14.4 Å². The fourth-order valence-electron chi connectivity index (χ4n) is 2.57. The molecular weight excluding hydrogens is 306 g/mol. The van der Waals surface area contributed by atoms with E-state index in [4.69, 9.17) is 0 Å². The molecule has 3 amide bonds. The Balaban J connectivity index is 1.70. The second kappa shape index (κ2) is 6.54. The summed E-state index contributed by atoms with van der Waals surface area (Å²) in [6.45, 7) is 1.43. The first kappa shape index (κ1) is 15.7. The van der Waals surface area contributed by atoms with Gasteiger partial charge in [-0.05, 0) is 54.4 Å². The van der Waals surface area contributed by atoms with Crippen LogP contribution in [-0.2, 0) is 16.0 Å². The molecule has 1 aliphatic heterocycles. The van der Waals surface area contributed by atoms with Gasteiger partial charge in [-0.25, -0.2) is 0 Å². The number of hydrogen-bond donors (Lipinski definition) is 3. The van der Waals surface area contributed by atoms with Crippen LogP contribution in [0.3, 0.4) is 0 Å². The molecule has 2 aromatic rings. The Hall–Kier alpha value is -3.15. The predicted octanol–water partition coefficient (Wildman–Crippen LogP) is 2.78. The normalized spacial score (nSPS) is 12.8. The van der Waals surface area contributed by atoms with Gasteiger partial charge in [0.15, 0.2) is 0 Å². The minimum absolute atomic E-state index is 0.0125. The molecule has 1 heterocycles. The van der Waals surface area contributed by atoms with Crippen LogP contribution in [0.15, 0.2) is 42.5 Å². The van der Waals surface area contributed by atoms with Crippen molar-refractivity contribution in [3.05, 3.63) is 53.6 Å². The van der Waals surface area contributed by atoms with E-state index in [9.17, 15) is 14.4 Å². The molecule has 0 radical (unpaired) electrons. The number of fused-ring (bicyclic) bond motifs is 1. The van der Waals surface area contributed by atoms with Crippen molar-refractivity contribution in [3.8, 4) is 0 Å². The highest BCUT2D eigenvalue weighted by Gasteiger charge is 2.15.